The maximum absolute atomic E-state index is 11.9. The van der Waals surface area contributed by atoms with E-state index in [1.807, 2.05) is 0 Å². The molecule has 1 saturated heterocycles. The molecule has 1 aliphatic heterocycles. The average Bonchev–Trinajstić information content (AvgIpc) is 2.82. The maximum Gasteiger partial charge on any atom is 0.317 e. The van der Waals surface area contributed by atoms with E-state index in [-0.39, 0.29) is 6.03 Å². The van der Waals surface area contributed by atoms with Crippen molar-refractivity contribution in [2.75, 3.05) is 13.1 Å². The Hall–Kier alpha value is -1.26. The summed E-state index contributed by atoms with van der Waals surface area (Å²) in [6.45, 7) is 1.04. The van der Waals surface area contributed by atoms with Gasteiger partial charge in [-0.3, -0.25) is 4.79 Å². The molecular weight excluding hydrogens is 220 g/mol. The lowest BCUT2D eigenvalue weighted by Gasteiger charge is -2.31. The van der Waals surface area contributed by atoms with Crippen LogP contribution in [0.2, 0.25) is 0 Å². The van der Waals surface area contributed by atoms with E-state index in [2.05, 4.69) is 5.32 Å². The summed E-state index contributed by atoms with van der Waals surface area (Å²) < 4.78 is 0. The van der Waals surface area contributed by atoms with Crippen LogP contribution in [-0.2, 0) is 4.79 Å². The van der Waals surface area contributed by atoms with Crippen LogP contribution in [0.3, 0.4) is 0 Å². The lowest BCUT2D eigenvalue weighted by molar-refractivity contribution is -0.143. The highest BCUT2D eigenvalue weighted by molar-refractivity contribution is 5.76. The van der Waals surface area contributed by atoms with Crippen molar-refractivity contribution in [2.45, 2.75) is 44.6 Å². The Balaban J connectivity index is 1.83. The minimum atomic E-state index is -0.789. The lowest BCUT2D eigenvalue weighted by Crippen LogP contribution is -2.49. The van der Waals surface area contributed by atoms with Crippen molar-refractivity contribution in [1.82, 2.24) is 10.2 Å². The minimum absolute atomic E-state index is 0.0807. The minimum Gasteiger partial charge on any atom is -0.481 e. The molecular formula is C12H20N2O3. The summed E-state index contributed by atoms with van der Waals surface area (Å²) in [4.78, 5) is 24.5. The first-order valence-electron chi connectivity index (χ1n) is 6.45. The van der Waals surface area contributed by atoms with Gasteiger partial charge in [-0.05, 0) is 25.7 Å². The second-order valence-corrected chi connectivity index (χ2v) is 5.05. The fourth-order valence-electron chi connectivity index (χ4n) is 2.70. The first-order valence-corrected chi connectivity index (χ1v) is 6.45. The van der Waals surface area contributed by atoms with Gasteiger partial charge in [-0.25, -0.2) is 4.79 Å². The molecule has 2 rings (SSSR count). The van der Waals surface area contributed by atoms with Gasteiger partial charge in [0, 0.05) is 19.1 Å². The Morgan fingerprint density at radius 3 is 2.47 bits per heavy atom. The number of hydrogen-bond donors (Lipinski definition) is 2. The van der Waals surface area contributed by atoms with Crippen LogP contribution in [-0.4, -0.2) is 41.1 Å². The van der Waals surface area contributed by atoms with Crippen LogP contribution in [0.5, 0.6) is 0 Å². The summed E-state index contributed by atoms with van der Waals surface area (Å²) >= 11 is 0. The van der Waals surface area contributed by atoms with Gasteiger partial charge in [0.15, 0.2) is 0 Å². The molecule has 0 aromatic carbocycles. The Bertz CT molecular complexity index is 300. The van der Waals surface area contributed by atoms with Gasteiger partial charge in [-0.15, -0.1) is 0 Å². The van der Waals surface area contributed by atoms with E-state index in [1.54, 1.807) is 4.90 Å². The fraction of sp³-hybridized carbons (Fsp3) is 0.833. The highest BCUT2D eigenvalue weighted by atomic mass is 16.4. The van der Waals surface area contributed by atoms with E-state index in [9.17, 15) is 9.59 Å². The third-order valence-electron chi connectivity index (χ3n) is 3.74. The molecule has 0 aromatic rings. The highest BCUT2D eigenvalue weighted by Gasteiger charge is 2.29. The normalized spacial score (nSPS) is 25.9. The molecule has 0 radical (unpaired) electrons. The molecule has 0 unspecified atom stereocenters. The van der Waals surface area contributed by atoms with Gasteiger partial charge >= 0.3 is 12.0 Å². The molecule has 2 aliphatic rings. The second kappa shape index (κ2) is 5.38. The third-order valence-corrected chi connectivity index (χ3v) is 3.74. The van der Waals surface area contributed by atoms with E-state index in [0.717, 1.165) is 19.3 Å². The number of carboxylic acids is 1. The second-order valence-electron chi connectivity index (χ2n) is 5.05. The molecule has 2 N–H and O–H groups in total. The number of carbonyl (C=O) groups is 2. The van der Waals surface area contributed by atoms with Gasteiger partial charge in [0.25, 0.3) is 0 Å². The Labute approximate surface area is 101 Å². The number of amides is 2. The molecule has 5 nitrogen and oxygen atoms in total. The zero-order valence-electron chi connectivity index (χ0n) is 10.0. The monoisotopic (exact) mass is 240 g/mol. The number of aliphatic carboxylic acids is 1. The first-order chi connectivity index (χ1) is 8.16. The van der Waals surface area contributed by atoms with E-state index in [1.165, 1.54) is 12.8 Å². The molecule has 1 heterocycles. The van der Waals surface area contributed by atoms with Gasteiger partial charge in [-0.2, -0.15) is 0 Å². The number of piperidine rings is 1. The predicted octanol–water partition coefficient (Wildman–Crippen LogP) is 1.44. The zero-order valence-corrected chi connectivity index (χ0v) is 10.0. The lowest BCUT2D eigenvalue weighted by atomic mass is 9.99. The van der Waals surface area contributed by atoms with Gasteiger partial charge in [-0.1, -0.05) is 12.8 Å². The Morgan fingerprint density at radius 2 is 1.82 bits per heavy atom. The summed E-state index contributed by atoms with van der Waals surface area (Å²) in [5.74, 6) is -1.18. The zero-order chi connectivity index (χ0) is 12.3. The molecule has 1 saturated carbocycles. The average molecular weight is 240 g/mol. The van der Waals surface area contributed by atoms with Crippen molar-refractivity contribution in [3.05, 3.63) is 0 Å². The molecule has 5 heteroatoms. The standard InChI is InChI=1S/C12H20N2O3/c15-11(16)9-4-3-7-14(8-9)12(17)13-10-5-1-2-6-10/h9-10H,1-8H2,(H,13,17)(H,15,16)/t9-/m0/s1. The van der Waals surface area contributed by atoms with Crippen molar-refractivity contribution in [1.29, 1.82) is 0 Å². The summed E-state index contributed by atoms with van der Waals surface area (Å²) in [6.07, 6.45) is 5.95. The molecule has 0 aromatic heterocycles. The van der Waals surface area contributed by atoms with Crippen molar-refractivity contribution in [2.24, 2.45) is 5.92 Å². The largest absolute Gasteiger partial charge is 0.481 e. The summed E-state index contributed by atoms with van der Waals surface area (Å²) in [5, 5.41) is 12.0. The van der Waals surface area contributed by atoms with Gasteiger partial charge in [0.2, 0.25) is 0 Å². The van der Waals surface area contributed by atoms with Crippen LogP contribution in [0.25, 0.3) is 0 Å². The number of nitrogens with zero attached hydrogens (tertiary/aromatic N) is 1. The van der Waals surface area contributed by atoms with E-state index >= 15 is 0 Å². The van der Waals surface area contributed by atoms with Crippen molar-refractivity contribution in [3.8, 4) is 0 Å². The van der Waals surface area contributed by atoms with Crippen LogP contribution in [0.15, 0.2) is 0 Å². The predicted molar refractivity (Wildman–Crippen MR) is 62.7 cm³/mol. The SMILES string of the molecule is O=C(O)[C@H]1CCCN(C(=O)NC2CCCC2)C1. The van der Waals surface area contributed by atoms with Crippen molar-refractivity contribution >= 4 is 12.0 Å². The Morgan fingerprint density at radius 1 is 1.12 bits per heavy atom. The molecule has 2 fully saturated rings. The topological polar surface area (TPSA) is 69.6 Å². The number of carbonyl (C=O) groups excluding carboxylic acids is 1. The van der Waals surface area contributed by atoms with Gasteiger partial charge in [0.05, 0.1) is 5.92 Å². The molecule has 1 aliphatic carbocycles. The van der Waals surface area contributed by atoms with Gasteiger partial charge < -0.3 is 15.3 Å². The third kappa shape index (κ3) is 3.11. The quantitative estimate of drug-likeness (QED) is 0.767. The van der Waals surface area contributed by atoms with Gasteiger partial charge in [0.1, 0.15) is 0 Å². The number of hydrogen-bond acceptors (Lipinski definition) is 2. The van der Waals surface area contributed by atoms with Crippen molar-refractivity contribution < 1.29 is 14.7 Å². The van der Waals surface area contributed by atoms with E-state index < -0.39 is 11.9 Å². The number of urea groups is 1. The molecule has 0 spiro atoms. The van der Waals surface area contributed by atoms with Crippen molar-refractivity contribution in [3.63, 3.8) is 0 Å². The molecule has 1 atom stereocenters. The molecule has 2 amide bonds. The summed E-state index contributed by atoms with van der Waals surface area (Å²) in [6, 6.07) is 0.218. The fourth-order valence-corrected chi connectivity index (χ4v) is 2.70. The molecule has 96 valence electrons. The summed E-state index contributed by atoms with van der Waals surface area (Å²) in [7, 11) is 0. The highest BCUT2D eigenvalue weighted by Crippen LogP contribution is 2.20. The number of likely N-dealkylation sites (tertiary alicyclic amines) is 1. The number of rotatable bonds is 2. The van der Waals surface area contributed by atoms with Crippen LogP contribution < -0.4 is 5.32 Å². The van der Waals surface area contributed by atoms with Crippen LogP contribution in [0.4, 0.5) is 4.79 Å². The van der Waals surface area contributed by atoms with Crippen LogP contribution in [0, 0.1) is 5.92 Å². The van der Waals surface area contributed by atoms with Crippen LogP contribution >= 0.6 is 0 Å². The number of carboxylic acid groups (broad SMARTS) is 1. The van der Waals surface area contributed by atoms with E-state index in [4.69, 9.17) is 5.11 Å². The summed E-state index contributed by atoms with van der Waals surface area (Å²) in [5.41, 5.74) is 0. The first kappa shape index (κ1) is 12.2. The van der Waals surface area contributed by atoms with E-state index in [0.29, 0.717) is 25.6 Å². The molecule has 0 bridgehead atoms. The van der Waals surface area contributed by atoms with Crippen LogP contribution in [0.1, 0.15) is 38.5 Å². The smallest absolute Gasteiger partial charge is 0.317 e. The Kier molecular flexibility index (Phi) is 3.86. The molecule has 17 heavy (non-hydrogen) atoms. The maximum atomic E-state index is 11.9. The number of nitrogens with one attached hydrogen (secondary N) is 1.